The van der Waals surface area contributed by atoms with E-state index in [1.807, 2.05) is 11.0 Å². The molecule has 4 nitrogen and oxygen atoms in total. The monoisotopic (exact) mass is 351 g/mol. The van der Waals surface area contributed by atoms with E-state index in [1.165, 1.54) is 16.8 Å². The number of amides is 1. The Labute approximate surface area is 156 Å². The summed E-state index contributed by atoms with van der Waals surface area (Å²) in [6.45, 7) is 7.25. The lowest BCUT2D eigenvalue weighted by Gasteiger charge is -2.36. The molecule has 0 saturated carbocycles. The molecule has 1 aliphatic rings. The number of hydrogen-bond donors (Lipinski definition) is 1. The first-order chi connectivity index (χ1) is 12.7. The molecule has 0 bridgehead atoms. The van der Waals surface area contributed by atoms with Gasteiger partial charge in [0.25, 0.3) is 0 Å². The Morgan fingerprint density at radius 2 is 1.73 bits per heavy atom. The summed E-state index contributed by atoms with van der Waals surface area (Å²) in [5.74, 6) is 0.265. The van der Waals surface area contributed by atoms with Crippen molar-refractivity contribution < 1.29 is 4.79 Å². The molecule has 1 amide bonds. The summed E-state index contributed by atoms with van der Waals surface area (Å²) in [7, 11) is 0. The first-order valence-electron chi connectivity index (χ1n) is 9.56. The lowest BCUT2D eigenvalue weighted by atomic mass is 10.1. The molecule has 1 heterocycles. The number of carbonyl (C=O) groups excluding carboxylic acids is 1. The molecule has 0 aromatic heterocycles. The maximum atomic E-state index is 12.4. The average Bonchev–Trinajstić information content (AvgIpc) is 2.68. The van der Waals surface area contributed by atoms with Gasteiger partial charge >= 0.3 is 0 Å². The lowest BCUT2D eigenvalue weighted by molar-refractivity contribution is -0.131. The molecule has 138 valence electrons. The Kier molecular flexibility index (Phi) is 6.67. The van der Waals surface area contributed by atoms with Gasteiger partial charge < -0.3 is 15.1 Å². The Balaban J connectivity index is 1.33. The maximum absolute atomic E-state index is 12.4. The molecule has 26 heavy (non-hydrogen) atoms. The number of anilines is 1. The summed E-state index contributed by atoms with van der Waals surface area (Å²) in [5, 5.41) is 3.39. The average molecular weight is 351 g/mol. The number of aryl methyl sites for hydroxylation is 1. The van der Waals surface area contributed by atoms with Crippen molar-refractivity contribution in [2.24, 2.45) is 0 Å². The van der Waals surface area contributed by atoms with E-state index in [4.69, 9.17) is 0 Å². The van der Waals surface area contributed by atoms with Crippen LogP contribution in [0.4, 0.5) is 5.69 Å². The van der Waals surface area contributed by atoms with Crippen LogP contribution < -0.4 is 10.2 Å². The van der Waals surface area contributed by atoms with Crippen LogP contribution in [-0.4, -0.2) is 50.1 Å². The third-order valence-electron chi connectivity index (χ3n) is 4.95. The van der Waals surface area contributed by atoms with Crippen LogP contribution in [0.5, 0.6) is 0 Å². The van der Waals surface area contributed by atoms with Crippen molar-refractivity contribution in [2.45, 2.75) is 19.8 Å². The van der Waals surface area contributed by atoms with Crippen LogP contribution in [0.1, 0.15) is 17.5 Å². The second-order valence-corrected chi connectivity index (χ2v) is 6.94. The van der Waals surface area contributed by atoms with Crippen LogP contribution in [0.15, 0.2) is 54.6 Å². The van der Waals surface area contributed by atoms with Crippen molar-refractivity contribution in [2.75, 3.05) is 44.2 Å². The SMILES string of the molecule is Cc1cccc(N2CCN(C(=O)CCNCCc3ccccc3)CC2)c1. The van der Waals surface area contributed by atoms with Crippen LogP contribution in [-0.2, 0) is 11.2 Å². The minimum absolute atomic E-state index is 0.265. The normalized spacial score (nSPS) is 14.5. The molecule has 0 atom stereocenters. The highest BCUT2D eigenvalue weighted by Crippen LogP contribution is 2.18. The van der Waals surface area contributed by atoms with Gasteiger partial charge in [0.05, 0.1) is 0 Å². The van der Waals surface area contributed by atoms with Gasteiger partial charge in [-0.3, -0.25) is 4.79 Å². The number of nitrogens with one attached hydrogen (secondary N) is 1. The molecular formula is C22H29N3O. The van der Waals surface area contributed by atoms with Crippen molar-refractivity contribution in [3.63, 3.8) is 0 Å². The van der Waals surface area contributed by atoms with Crippen LogP contribution >= 0.6 is 0 Å². The Morgan fingerprint density at radius 3 is 2.46 bits per heavy atom. The number of nitrogens with zero attached hydrogens (tertiary/aromatic N) is 2. The number of benzene rings is 2. The van der Waals surface area contributed by atoms with Gasteiger partial charge in [0.15, 0.2) is 0 Å². The molecule has 0 spiro atoms. The van der Waals surface area contributed by atoms with E-state index >= 15 is 0 Å². The molecule has 2 aromatic rings. The Bertz CT molecular complexity index is 694. The van der Waals surface area contributed by atoms with Crippen molar-refractivity contribution in [1.82, 2.24) is 10.2 Å². The van der Waals surface area contributed by atoms with Crippen LogP contribution in [0.3, 0.4) is 0 Å². The van der Waals surface area contributed by atoms with Crippen molar-refractivity contribution in [1.29, 1.82) is 0 Å². The molecular weight excluding hydrogens is 322 g/mol. The second-order valence-electron chi connectivity index (χ2n) is 6.94. The fraction of sp³-hybridized carbons (Fsp3) is 0.409. The van der Waals surface area contributed by atoms with Gasteiger partial charge in [-0.05, 0) is 43.1 Å². The Hall–Kier alpha value is -2.33. The minimum atomic E-state index is 0.265. The summed E-state index contributed by atoms with van der Waals surface area (Å²) < 4.78 is 0. The third-order valence-corrected chi connectivity index (χ3v) is 4.95. The summed E-state index contributed by atoms with van der Waals surface area (Å²) in [6, 6.07) is 19.0. The van der Waals surface area contributed by atoms with Crippen molar-refractivity contribution in [3.05, 3.63) is 65.7 Å². The zero-order valence-corrected chi connectivity index (χ0v) is 15.7. The zero-order valence-electron chi connectivity index (χ0n) is 15.7. The number of hydrogen-bond acceptors (Lipinski definition) is 3. The molecule has 1 fully saturated rings. The third kappa shape index (κ3) is 5.33. The van der Waals surface area contributed by atoms with Gasteiger partial charge in [0, 0.05) is 44.8 Å². The van der Waals surface area contributed by atoms with E-state index in [0.29, 0.717) is 6.42 Å². The van der Waals surface area contributed by atoms with Crippen LogP contribution in [0.25, 0.3) is 0 Å². The summed E-state index contributed by atoms with van der Waals surface area (Å²) in [5.41, 5.74) is 3.88. The van der Waals surface area contributed by atoms with Gasteiger partial charge in [0.2, 0.25) is 5.91 Å². The van der Waals surface area contributed by atoms with Gasteiger partial charge in [-0.2, -0.15) is 0 Å². The van der Waals surface area contributed by atoms with E-state index in [1.54, 1.807) is 0 Å². The van der Waals surface area contributed by atoms with Gasteiger partial charge in [-0.15, -0.1) is 0 Å². The quantitative estimate of drug-likeness (QED) is 0.779. The van der Waals surface area contributed by atoms with Gasteiger partial charge in [-0.25, -0.2) is 0 Å². The highest BCUT2D eigenvalue weighted by Gasteiger charge is 2.20. The molecule has 1 aliphatic heterocycles. The molecule has 0 aliphatic carbocycles. The number of piperazine rings is 1. The fourth-order valence-corrected chi connectivity index (χ4v) is 3.39. The summed E-state index contributed by atoms with van der Waals surface area (Å²) in [6.07, 6.45) is 1.59. The molecule has 2 aromatic carbocycles. The van der Waals surface area contributed by atoms with E-state index < -0.39 is 0 Å². The zero-order chi connectivity index (χ0) is 18.2. The van der Waals surface area contributed by atoms with E-state index in [2.05, 4.69) is 65.7 Å². The lowest BCUT2D eigenvalue weighted by Crippen LogP contribution is -2.49. The molecule has 0 radical (unpaired) electrons. The molecule has 4 heteroatoms. The summed E-state index contributed by atoms with van der Waals surface area (Å²) in [4.78, 5) is 16.8. The second kappa shape index (κ2) is 9.39. The van der Waals surface area contributed by atoms with Crippen LogP contribution in [0, 0.1) is 6.92 Å². The predicted octanol–water partition coefficient (Wildman–Crippen LogP) is 2.87. The van der Waals surface area contributed by atoms with Gasteiger partial charge in [0.1, 0.15) is 0 Å². The standard InChI is InChI=1S/C22H29N3O/c1-19-6-5-9-21(18-19)24-14-16-25(17-15-24)22(26)11-13-23-12-10-20-7-3-2-4-8-20/h2-9,18,23H,10-17H2,1H3. The summed E-state index contributed by atoms with van der Waals surface area (Å²) >= 11 is 0. The highest BCUT2D eigenvalue weighted by molar-refractivity contribution is 5.76. The van der Waals surface area contributed by atoms with E-state index in [0.717, 1.165) is 45.7 Å². The number of carbonyl (C=O) groups is 1. The van der Waals surface area contributed by atoms with E-state index in [9.17, 15) is 4.79 Å². The maximum Gasteiger partial charge on any atom is 0.223 e. The topological polar surface area (TPSA) is 35.6 Å². The van der Waals surface area contributed by atoms with Crippen LogP contribution in [0.2, 0.25) is 0 Å². The number of rotatable bonds is 7. The molecule has 0 unspecified atom stereocenters. The van der Waals surface area contributed by atoms with Crippen molar-refractivity contribution >= 4 is 11.6 Å². The van der Waals surface area contributed by atoms with Gasteiger partial charge in [-0.1, -0.05) is 42.5 Å². The highest BCUT2D eigenvalue weighted by atomic mass is 16.2. The predicted molar refractivity (Wildman–Crippen MR) is 108 cm³/mol. The smallest absolute Gasteiger partial charge is 0.223 e. The first-order valence-corrected chi connectivity index (χ1v) is 9.56. The Morgan fingerprint density at radius 1 is 0.962 bits per heavy atom. The van der Waals surface area contributed by atoms with E-state index in [-0.39, 0.29) is 5.91 Å². The molecule has 3 rings (SSSR count). The first kappa shape index (κ1) is 18.5. The fourth-order valence-electron chi connectivity index (χ4n) is 3.39. The minimum Gasteiger partial charge on any atom is -0.368 e. The largest absolute Gasteiger partial charge is 0.368 e. The molecule has 1 saturated heterocycles. The molecule has 1 N–H and O–H groups in total. The van der Waals surface area contributed by atoms with Crippen molar-refractivity contribution in [3.8, 4) is 0 Å².